The van der Waals surface area contributed by atoms with E-state index in [-0.39, 0.29) is 16.2 Å². The van der Waals surface area contributed by atoms with Crippen LogP contribution in [-0.4, -0.2) is 0 Å². The summed E-state index contributed by atoms with van der Waals surface area (Å²) in [6.07, 6.45) is 2.02. The number of hydrogen-bond donors (Lipinski definition) is 0. The third kappa shape index (κ3) is 2.95. The van der Waals surface area contributed by atoms with Gasteiger partial charge in [-0.2, -0.15) is 0 Å². The van der Waals surface area contributed by atoms with Crippen molar-refractivity contribution in [3.63, 3.8) is 0 Å². The van der Waals surface area contributed by atoms with Crippen LogP contribution in [0.4, 0.5) is 17.6 Å². The Kier molecular flexibility index (Phi) is 4.34. The minimum Gasteiger partial charge on any atom is -0.206 e. The predicted molar refractivity (Wildman–Crippen MR) is 101 cm³/mol. The fourth-order valence-electron chi connectivity index (χ4n) is 3.51. The normalized spacial score (nSPS) is 11.4. The monoisotopic (exact) mass is 368 g/mol. The largest absolute Gasteiger partial charge is 0.206 e. The van der Waals surface area contributed by atoms with Crippen LogP contribution in [0.15, 0.2) is 54.6 Å². The summed E-state index contributed by atoms with van der Waals surface area (Å²) in [6.45, 7) is 2.11. The van der Waals surface area contributed by atoms with E-state index in [1.165, 1.54) is 23.8 Å². The maximum atomic E-state index is 14.9. The van der Waals surface area contributed by atoms with E-state index in [1.807, 2.05) is 24.3 Å². The summed E-state index contributed by atoms with van der Waals surface area (Å²) in [7, 11) is 0. The zero-order valence-corrected chi connectivity index (χ0v) is 14.6. The van der Waals surface area contributed by atoms with Crippen molar-refractivity contribution >= 4 is 21.5 Å². The number of halogens is 4. The van der Waals surface area contributed by atoms with Gasteiger partial charge in [-0.1, -0.05) is 49.7 Å². The summed E-state index contributed by atoms with van der Waals surface area (Å²) < 4.78 is 56.1. The van der Waals surface area contributed by atoms with Gasteiger partial charge in [-0.05, 0) is 52.1 Å². The molecule has 0 amide bonds. The van der Waals surface area contributed by atoms with E-state index in [4.69, 9.17) is 0 Å². The van der Waals surface area contributed by atoms with Gasteiger partial charge in [0.1, 0.15) is 5.82 Å². The fraction of sp³-hybridized carbons (Fsp3) is 0.130. The fourth-order valence-corrected chi connectivity index (χ4v) is 3.51. The molecule has 27 heavy (non-hydrogen) atoms. The summed E-state index contributed by atoms with van der Waals surface area (Å²) in [5.74, 6) is -4.79. The first kappa shape index (κ1) is 17.5. The Balaban J connectivity index is 1.92. The molecule has 0 atom stereocenters. The van der Waals surface area contributed by atoms with Gasteiger partial charge in [0.05, 0.1) is 0 Å². The van der Waals surface area contributed by atoms with Gasteiger partial charge < -0.3 is 0 Å². The molecule has 0 bridgehead atoms. The maximum absolute atomic E-state index is 14.9. The highest BCUT2D eigenvalue weighted by Gasteiger charge is 2.17. The summed E-state index contributed by atoms with van der Waals surface area (Å²) in [5, 5.41) is 0.459. The Morgan fingerprint density at radius 2 is 1.41 bits per heavy atom. The topological polar surface area (TPSA) is 0 Å². The summed E-state index contributed by atoms with van der Waals surface area (Å²) in [4.78, 5) is 0. The van der Waals surface area contributed by atoms with Gasteiger partial charge in [0.2, 0.25) is 0 Å². The standard InChI is InChI=1S/C23H16F4/c1-2-3-13-4-6-14(7-5-13)16-10-15-8-9-17-18(21(15)19(24)11-16)12-20(25)23(27)22(17)26/h4-12H,2-3H2,1H3. The van der Waals surface area contributed by atoms with Crippen molar-refractivity contribution in [2.24, 2.45) is 0 Å². The van der Waals surface area contributed by atoms with Crippen LogP contribution in [0.5, 0.6) is 0 Å². The van der Waals surface area contributed by atoms with Gasteiger partial charge in [0.25, 0.3) is 0 Å². The second kappa shape index (κ2) is 6.69. The lowest BCUT2D eigenvalue weighted by Crippen LogP contribution is -1.94. The van der Waals surface area contributed by atoms with Crippen LogP contribution in [0, 0.1) is 23.3 Å². The van der Waals surface area contributed by atoms with Gasteiger partial charge in [-0.15, -0.1) is 0 Å². The minimum absolute atomic E-state index is 0.0197. The molecule has 4 rings (SSSR count). The van der Waals surface area contributed by atoms with Crippen LogP contribution < -0.4 is 0 Å². The lowest BCUT2D eigenvalue weighted by molar-refractivity contribution is 0.453. The highest BCUT2D eigenvalue weighted by molar-refractivity contribution is 6.09. The molecule has 136 valence electrons. The average Bonchev–Trinajstić information content (AvgIpc) is 2.66. The molecule has 4 aromatic rings. The van der Waals surface area contributed by atoms with Crippen molar-refractivity contribution in [3.8, 4) is 11.1 Å². The Labute approximate surface area is 154 Å². The molecule has 0 saturated heterocycles. The van der Waals surface area contributed by atoms with Crippen molar-refractivity contribution in [3.05, 3.63) is 83.4 Å². The summed E-state index contributed by atoms with van der Waals surface area (Å²) in [5.41, 5.74) is 2.74. The van der Waals surface area contributed by atoms with Crippen molar-refractivity contribution in [2.45, 2.75) is 19.8 Å². The first-order valence-electron chi connectivity index (χ1n) is 8.78. The SMILES string of the molecule is CCCc1ccc(-c2cc(F)c3c(ccc4c(F)c(F)c(F)cc43)c2)cc1. The van der Waals surface area contributed by atoms with E-state index >= 15 is 0 Å². The molecule has 0 unspecified atom stereocenters. The molecule has 0 aliphatic rings. The van der Waals surface area contributed by atoms with Gasteiger partial charge in [-0.3, -0.25) is 0 Å². The number of hydrogen-bond acceptors (Lipinski definition) is 0. The van der Waals surface area contributed by atoms with Crippen molar-refractivity contribution < 1.29 is 17.6 Å². The Hall–Kier alpha value is -2.88. The lowest BCUT2D eigenvalue weighted by atomic mass is 9.96. The van der Waals surface area contributed by atoms with E-state index in [2.05, 4.69) is 6.92 Å². The van der Waals surface area contributed by atoms with Crippen LogP contribution in [0.3, 0.4) is 0 Å². The summed E-state index contributed by atoms with van der Waals surface area (Å²) >= 11 is 0. The van der Waals surface area contributed by atoms with E-state index in [0.29, 0.717) is 10.9 Å². The van der Waals surface area contributed by atoms with Crippen LogP contribution in [0.25, 0.3) is 32.7 Å². The van der Waals surface area contributed by atoms with Crippen molar-refractivity contribution in [1.29, 1.82) is 0 Å². The van der Waals surface area contributed by atoms with Crippen LogP contribution in [-0.2, 0) is 6.42 Å². The average molecular weight is 368 g/mol. The quantitative estimate of drug-likeness (QED) is 0.204. The number of benzene rings is 4. The van der Waals surface area contributed by atoms with E-state index < -0.39 is 23.3 Å². The first-order valence-corrected chi connectivity index (χ1v) is 8.78. The van der Waals surface area contributed by atoms with E-state index in [0.717, 1.165) is 24.5 Å². The van der Waals surface area contributed by atoms with Gasteiger partial charge in [0.15, 0.2) is 17.5 Å². The molecule has 0 aliphatic heterocycles. The molecule has 4 aromatic carbocycles. The maximum Gasteiger partial charge on any atom is 0.195 e. The number of rotatable bonds is 3. The van der Waals surface area contributed by atoms with Crippen molar-refractivity contribution in [2.75, 3.05) is 0 Å². The third-order valence-corrected chi connectivity index (χ3v) is 4.85. The first-order chi connectivity index (χ1) is 13.0. The molecular formula is C23H16F4. The molecule has 0 aromatic heterocycles. The third-order valence-electron chi connectivity index (χ3n) is 4.85. The van der Waals surface area contributed by atoms with Crippen LogP contribution >= 0.6 is 0 Å². The predicted octanol–water partition coefficient (Wildman–Crippen LogP) is 7.17. The van der Waals surface area contributed by atoms with Gasteiger partial charge in [-0.25, -0.2) is 17.6 Å². The van der Waals surface area contributed by atoms with Gasteiger partial charge >= 0.3 is 0 Å². The Bertz CT molecular complexity index is 1160. The van der Waals surface area contributed by atoms with E-state index in [9.17, 15) is 17.6 Å². The molecule has 0 radical (unpaired) electrons. The molecular weight excluding hydrogens is 352 g/mol. The molecule has 0 heterocycles. The minimum atomic E-state index is -1.55. The summed E-state index contributed by atoms with van der Waals surface area (Å²) in [6, 6.07) is 14.7. The molecule has 0 N–H and O–H groups in total. The highest BCUT2D eigenvalue weighted by atomic mass is 19.2. The number of aryl methyl sites for hydroxylation is 1. The zero-order valence-electron chi connectivity index (χ0n) is 14.6. The van der Waals surface area contributed by atoms with Gasteiger partial charge in [0, 0.05) is 10.8 Å². The molecule has 0 fully saturated rings. The second-order valence-corrected chi connectivity index (χ2v) is 6.65. The molecule has 0 saturated carbocycles. The smallest absolute Gasteiger partial charge is 0.195 e. The van der Waals surface area contributed by atoms with Crippen molar-refractivity contribution in [1.82, 2.24) is 0 Å². The highest BCUT2D eigenvalue weighted by Crippen LogP contribution is 2.34. The zero-order chi connectivity index (χ0) is 19.1. The molecule has 4 heteroatoms. The van der Waals surface area contributed by atoms with Crippen LogP contribution in [0.1, 0.15) is 18.9 Å². The second-order valence-electron chi connectivity index (χ2n) is 6.65. The van der Waals surface area contributed by atoms with Crippen LogP contribution in [0.2, 0.25) is 0 Å². The number of fused-ring (bicyclic) bond motifs is 3. The molecule has 0 nitrogen and oxygen atoms in total. The Morgan fingerprint density at radius 1 is 0.667 bits per heavy atom. The van der Waals surface area contributed by atoms with E-state index in [1.54, 1.807) is 6.07 Å². The molecule has 0 spiro atoms. The Morgan fingerprint density at radius 3 is 2.11 bits per heavy atom. The molecule has 0 aliphatic carbocycles. The lowest BCUT2D eigenvalue weighted by Gasteiger charge is -2.10.